The van der Waals surface area contributed by atoms with Crippen molar-refractivity contribution in [3.63, 3.8) is 0 Å². The van der Waals surface area contributed by atoms with Gasteiger partial charge in [-0.25, -0.2) is 19.2 Å². The fourth-order valence-corrected chi connectivity index (χ4v) is 5.00. The number of carbonyl (C=O) groups excluding carboxylic acids is 1. The molecule has 0 saturated carbocycles. The Bertz CT molecular complexity index is 1160. The number of rotatable bonds is 8. The van der Waals surface area contributed by atoms with E-state index in [4.69, 9.17) is 5.11 Å². The number of benzene rings is 1. The maximum atomic E-state index is 14.4. The van der Waals surface area contributed by atoms with E-state index in [0.717, 1.165) is 27.7 Å². The smallest absolute Gasteiger partial charge is 0.339 e. The first-order valence-electron chi connectivity index (χ1n) is 9.67. The van der Waals surface area contributed by atoms with Gasteiger partial charge in [-0.3, -0.25) is 4.79 Å². The Hall–Kier alpha value is -2.89. The first kappa shape index (κ1) is 23.8. The molecule has 0 aliphatic carbocycles. The Kier molecular flexibility index (Phi) is 7.22. The van der Waals surface area contributed by atoms with Gasteiger partial charge in [0.05, 0.1) is 22.8 Å². The van der Waals surface area contributed by atoms with Gasteiger partial charge in [0.25, 0.3) is 0 Å². The quantitative estimate of drug-likeness (QED) is 0.453. The molecule has 3 aromatic rings. The molecule has 3 N–H and O–H groups in total. The van der Waals surface area contributed by atoms with Gasteiger partial charge in [-0.15, -0.1) is 22.7 Å². The number of thiazole rings is 2. The Morgan fingerprint density at radius 3 is 2.66 bits per heavy atom. The zero-order valence-electron chi connectivity index (χ0n) is 18.0. The number of amides is 1. The number of aromatic carboxylic acids is 1. The summed E-state index contributed by atoms with van der Waals surface area (Å²) < 4.78 is 14.4. The minimum Gasteiger partial charge on any atom is -0.507 e. The molecule has 0 bridgehead atoms. The minimum atomic E-state index is -1.41. The first-order chi connectivity index (χ1) is 15.1. The lowest BCUT2D eigenvalue weighted by molar-refractivity contribution is -0.125. The summed E-state index contributed by atoms with van der Waals surface area (Å²) >= 11 is 2.56. The summed E-state index contributed by atoms with van der Waals surface area (Å²) in [6, 6.07) is 1.85. The van der Waals surface area contributed by atoms with Gasteiger partial charge in [0, 0.05) is 23.4 Å². The molecular weight excluding hydrogens is 455 g/mol. The van der Waals surface area contributed by atoms with Gasteiger partial charge in [0.2, 0.25) is 5.91 Å². The maximum absolute atomic E-state index is 14.4. The molecule has 0 fully saturated rings. The van der Waals surface area contributed by atoms with Crippen molar-refractivity contribution in [3.8, 4) is 26.9 Å². The van der Waals surface area contributed by atoms with Crippen LogP contribution in [0.4, 0.5) is 4.39 Å². The van der Waals surface area contributed by atoms with Crippen LogP contribution in [0.15, 0.2) is 17.5 Å². The van der Waals surface area contributed by atoms with Crippen LogP contribution >= 0.6 is 22.7 Å². The van der Waals surface area contributed by atoms with Crippen molar-refractivity contribution in [1.82, 2.24) is 20.2 Å². The topological polar surface area (TPSA) is 116 Å². The van der Waals surface area contributed by atoms with E-state index in [1.165, 1.54) is 22.7 Å². The number of halogens is 1. The zero-order chi connectivity index (χ0) is 23.6. The summed E-state index contributed by atoms with van der Waals surface area (Å²) in [5, 5.41) is 24.6. The van der Waals surface area contributed by atoms with E-state index in [1.807, 2.05) is 32.8 Å². The Labute approximate surface area is 192 Å². The average molecular weight is 479 g/mol. The highest BCUT2D eigenvalue weighted by Gasteiger charge is 2.20. The first-order valence-corrected chi connectivity index (χ1v) is 11.4. The van der Waals surface area contributed by atoms with Gasteiger partial charge >= 0.3 is 5.97 Å². The van der Waals surface area contributed by atoms with E-state index in [0.29, 0.717) is 23.8 Å². The minimum absolute atomic E-state index is 0.0216. The molecular formula is C21H23FN4O4S2. The molecule has 8 nitrogen and oxygen atoms in total. The third kappa shape index (κ3) is 5.29. The van der Waals surface area contributed by atoms with E-state index in [9.17, 15) is 19.1 Å². The number of nitrogens with one attached hydrogen (secondary N) is 1. The molecule has 0 aliphatic rings. The summed E-state index contributed by atoms with van der Waals surface area (Å²) in [5.41, 5.74) is 0.850. The summed E-state index contributed by atoms with van der Waals surface area (Å²) in [6.07, 6.45) is 0. The van der Waals surface area contributed by atoms with E-state index in [2.05, 4.69) is 15.3 Å². The second-order valence-corrected chi connectivity index (χ2v) is 9.54. The van der Waals surface area contributed by atoms with Crippen LogP contribution in [0.3, 0.4) is 0 Å². The van der Waals surface area contributed by atoms with Crippen LogP contribution < -0.4 is 5.32 Å². The predicted molar refractivity (Wildman–Crippen MR) is 122 cm³/mol. The van der Waals surface area contributed by atoms with Crippen LogP contribution in [-0.4, -0.2) is 57.6 Å². The van der Waals surface area contributed by atoms with Crippen molar-refractivity contribution >= 4 is 34.6 Å². The van der Waals surface area contributed by atoms with Crippen LogP contribution in [0, 0.1) is 18.7 Å². The van der Waals surface area contributed by atoms with Crippen molar-refractivity contribution < 1.29 is 24.2 Å². The van der Waals surface area contributed by atoms with E-state index >= 15 is 0 Å². The van der Waals surface area contributed by atoms with Crippen LogP contribution in [0.25, 0.3) is 21.1 Å². The maximum Gasteiger partial charge on any atom is 0.339 e. The molecule has 0 saturated heterocycles. The Morgan fingerprint density at radius 1 is 1.28 bits per heavy atom. The number of aromatic hydroxyl groups is 1. The van der Waals surface area contributed by atoms with Gasteiger partial charge in [-0.05, 0) is 33.2 Å². The van der Waals surface area contributed by atoms with Crippen LogP contribution in [0.2, 0.25) is 0 Å². The van der Waals surface area contributed by atoms with Crippen molar-refractivity contribution in [2.75, 3.05) is 20.6 Å². The molecule has 170 valence electrons. The second-order valence-electron chi connectivity index (χ2n) is 7.60. The summed E-state index contributed by atoms with van der Waals surface area (Å²) in [6.45, 7) is 4.65. The Balaban J connectivity index is 1.77. The normalized spacial score (nSPS) is 12.2. The molecule has 1 aromatic carbocycles. The largest absolute Gasteiger partial charge is 0.507 e. The van der Waals surface area contributed by atoms with Crippen LogP contribution in [0.5, 0.6) is 5.75 Å². The lowest BCUT2D eigenvalue weighted by Gasteiger charge is -2.16. The zero-order valence-corrected chi connectivity index (χ0v) is 19.6. The molecule has 0 radical (unpaired) electrons. The third-order valence-corrected chi connectivity index (χ3v) is 6.68. The number of phenols is 1. The number of hydrogen-bond donors (Lipinski definition) is 3. The molecule has 1 unspecified atom stereocenters. The van der Waals surface area contributed by atoms with E-state index in [-0.39, 0.29) is 17.4 Å². The molecule has 32 heavy (non-hydrogen) atoms. The molecule has 11 heteroatoms. The summed E-state index contributed by atoms with van der Waals surface area (Å²) in [4.78, 5) is 35.0. The standard InChI is InChI=1S/C21H23FN4O4S2/c1-10(8-26(3)4)19(28)23-7-17-24-11(2)18(32-17)15-9-31-20(25-15)12-6-16(27)13(21(29)30)5-14(12)22/h5-6,9-10,27H,7-8H2,1-4H3,(H,23,28)(H,29,30). The number of aromatic nitrogens is 2. The average Bonchev–Trinajstić information content (AvgIpc) is 3.33. The molecule has 1 amide bonds. The van der Waals surface area contributed by atoms with Crippen LogP contribution in [0.1, 0.15) is 28.0 Å². The van der Waals surface area contributed by atoms with Gasteiger partial charge in [-0.2, -0.15) is 0 Å². The SMILES string of the molecule is Cc1nc(CNC(=O)C(C)CN(C)C)sc1-c1csc(-c2cc(O)c(C(=O)O)cc2F)n1. The van der Waals surface area contributed by atoms with E-state index < -0.39 is 23.1 Å². The number of hydrogen-bond acceptors (Lipinski definition) is 8. The van der Waals surface area contributed by atoms with Gasteiger partial charge in [0.1, 0.15) is 27.1 Å². The number of carboxylic acid groups (broad SMARTS) is 1. The van der Waals surface area contributed by atoms with Crippen molar-refractivity contribution in [3.05, 3.63) is 39.6 Å². The molecule has 3 rings (SSSR count). The van der Waals surface area contributed by atoms with Crippen molar-refractivity contribution in [2.45, 2.75) is 20.4 Å². The fraction of sp³-hybridized carbons (Fsp3) is 0.333. The number of carbonyl (C=O) groups is 2. The number of carboxylic acids is 1. The molecule has 1 atom stereocenters. The molecule has 0 spiro atoms. The molecule has 2 heterocycles. The summed E-state index contributed by atoms with van der Waals surface area (Å²) in [5.74, 6) is -2.92. The highest BCUT2D eigenvalue weighted by atomic mass is 32.1. The van der Waals surface area contributed by atoms with Crippen LogP contribution in [-0.2, 0) is 11.3 Å². The highest BCUT2D eigenvalue weighted by Crippen LogP contribution is 2.36. The highest BCUT2D eigenvalue weighted by molar-refractivity contribution is 7.16. The van der Waals surface area contributed by atoms with Gasteiger partial charge < -0.3 is 20.4 Å². The number of aryl methyl sites for hydroxylation is 1. The Morgan fingerprint density at radius 2 is 2.00 bits per heavy atom. The summed E-state index contributed by atoms with van der Waals surface area (Å²) in [7, 11) is 3.83. The fourth-order valence-electron chi connectivity index (χ4n) is 3.13. The lowest BCUT2D eigenvalue weighted by atomic mass is 10.1. The third-order valence-electron chi connectivity index (χ3n) is 4.62. The monoisotopic (exact) mass is 478 g/mol. The number of nitrogens with zero attached hydrogens (tertiary/aromatic N) is 3. The van der Waals surface area contributed by atoms with Gasteiger partial charge in [0.15, 0.2) is 0 Å². The molecule has 2 aromatic heterocycles. The second kappa shape index (κ2) is 9.72. The van der Waals surface area contributed by atoms with E-state index in [1.54, 1.807) is 5.38 Å². The molecule has 0 aliphatic heterocycles. The predicted octanol–water partition coefficient (Wildman–Crippen LogP) is 3.60. The van der Waals surface area contributed by atoms with Crippen molar-refractivity contribution in [2.24, 2.45) is 5.92 Å². The van der Waals surface area contributed by atoms with Crippen molar-refractivity contribution in [1.29, 1.82) is 0 Å². The lowest BCUT2D eigenvalue weighted by Crippen LogP contribution is -2.34. The van der Waals surface area contributed by atoms with Gasteiger partial charge in [-0.1, -0.05) is 6.92 Å².